The first-order valence-corrected chi connectivity index (χ1v) is 9.31. The number of ether oxygens (including phenoxy) is 1. The van der Waals surface area contributed by atoms with Gasteiger partial charge in [0.2, 0.25) is 0 Å². The molecule has 5 heteroatoms. The number of pyridine rings is 1. The van der Waals surface area contributed by atoms with Crippen LogP contribution in [0.15, 0.2) is 36.8 Å². The summed E-state index contributed by atoms with van der Waals surface area (Å²) in [4.78, 5) is 11.6. The molecule has 1 aromatic carbocycles. The van der Waals surface area contributed by atoms with Gasteiger partial charge in [0.25, 0.3) is 0 Å². The van der Waals surface area contributed by atoms with Gasteiger partial charge in [-0.15, -0.1) is 0 Å². The summed E-state index contributed by atoms with van der Waals surface area (Å²) in [6.07, 6.45) is 9.36. The number of benzene rings is 1. The van der Waals surface area contributed by atoms with Gasteiger partial charge >= 0.3 is 0 Å². The first kappa shape index (κ1) is 16.9. The van der Waals surface area contributed by atoms with Gasteiger partial charge in [0.1, 0.15) is 17.1 Å². The van der Waals surface area contributed by atoms with Crippen molar-refractivity contribution in [2.75, 3.05) is 25.1 Å². The smallest absolute Gasteiger partial charge is 0.145 e. The Morgan fingerprint density at radius 2 is 2.00 bits per heavy atom. The summed E-state index contributed by atoms with van der Waals surface area (Å²) >= 11 is 0. The lowest BCUT2D eigenvalue weighted by Gasteiger charge is -2.35. The normalized spacial score (nSPS) is 15.6. The number of fused-ring (bicyclic) bond motifs is 1. The van der Waals surface area contributed by atoms with Crippen LogP contribution < -0.4 is 9.64 Å². The summed E-state index contributed by atoms with van der Waals surface area (Å²) in [6, 6.07) is 6.19. The Morgan fingerprint density at radius 3 is 2.69 bits per heavy atom. The van der Waals surface area contributed by atoms with Crippen molar-refractivity contribution < 1.29 is 4.74 Å². The third-order valence-corrected chi connectivity index (χ3v) is 5.56. The minimum atomic E-state index is 0.704. The Bertz CT molecular complexity index is 910. The molecule has 1 aliphatic rings. The van der Waals surface area contributed by atoms with Crippen LogP contribution in [0.2, 0.25) is 0 Å². The maximum absolute atomic E-state index is 5.51. The lowest BCUT2D eigenvalue weighted by molar-refractivity contribution is 0.393. The third-order valence-electron chi connectivity index (χ3n) is 5.56. The average Bonchev–Trinajstić information content (AvgIpc) is 3.06. The Hall–Kier alpha value is -2.56. The van der Waals surface area contributed by atoms with Gasteiger partial charge in [0, 0.05) is 50.5 Å². The van der Waals surface area contributed by atoms with E-state index < -0.39 is 0 Å². The summed E-state index contributed by atoms with van der Waals surface area (Å²) in [5, 5.41) is 1.19. The zero-order chi connectivity index (χ0) is 18.1. The number of imidazole rings is 1. The molecule has 1 saturated heterocycles. The van der Waals surface area contributed by atoms with Crippen LogP contribution >= 0.6 is 0 Å². The molecule has 0 aliphatic carbocycles. The number of methoxy groups -OCH3 is 1. The van der Waals surface area contributed by atoms with Gasteiger partial charge in [-0.05, 0) is 37.3 Å². The highest BCUT2D eigenvalue weighted by Crippen LogP contribution is 2.35. The number of nitrogens with zero attached hydrogens (tertiary/aromatic N) is 4. The van der Waals surface area contributed by atoms with Crippen LogP contribution in [0.25, 0.3) is 10.9 Å². The first-order valence-electron chi connectivity index (χ1n) is 9.31. The molecule has 4 rings (SSSR count). The molecule has 3 heterocycles. The molecule has 1 aliphatic heterocycles. The molecule has 0 N–H and O–H groups in total. The molecule has 2 aromatic heterocycles. The van der Waals surface area contributed by atoms with Crippen LogP contribution in [-0.2, 0) is 13.5 Å². The van der Waals surface area contributed by atoms with E-state index in [0.29, 0.717) is 5.92 Å². The molecule has 26 heavy (non-hydrogen) atoms. The summed E-state index contributed by atoms with van der Waals surface area (Å²) in [5.74, 6) is 2.74. The number of aromatic nitrogens is 3. The second-order valence-corrected chi connectivity index (χ2v) is 7.24. The van der Waals surface area contributed by atoms with Crippen LogP contribution in [0.1, 0.15) is 24.2 Å². The average molecular weight is 350 g/mol. The molecular formula is C21H26N4O. The number of aryl methyl sites for hydroxylation is 2. The van der Waals surface area contributed by atoms with Gasteiger partial charge < -0.3 is 14.2 Å². The molecule has 0 spiro atoms. The van der Waals surface area contributed by atoms with Crippen LogP contribution in [-0.4, -0.2) is 34.7 Å². The molecule has 0 unspecified atom stereocenters. The molecule has 0 atom stereocenters. The summed E-state index contributed by atoms with van der Waals surface area (Å²) in [5.41, 5.74) is 3.49. The predicted octanol–water partition coefficient (Wildman–Crippen LogP) is 3.74. The maximum Gasteiger partial charge on any atom is 0.145 e. The van der Waals surface area contributed by atoms with Crippen molar-refractivity contribution >= 4 is 16.6 Å². The van der Waals surface area contributed by atoms with Crippen molar-refractivity contribution in [3.63, 3.8) is 0 Å². The van der Waals surface area contributed by atoms with Gasteiger partial charge in [0.15, 0.2) is 0 Å². The molecule has 0 saturated carbocycles. The second kappa shape index (κ2) is 6.98. The van der Waals surface area contributed by atoms with E-state index in [4.69, 9.17) is 4.74 Å². The SMILES string of the molecule is COc1cccc2c(N3CCC(Cc4nccn4C)CC3)c(C)cnc12. The molecule has 0 bridgehead atoms. The monoisotopic (exact) mass is 350 g/mol. The molecule has 5 nitrogen and oxygen atoms in total. The van der Waals surface area contributed by atoms with Crippen molar-refractivity contribution in [1.29, 1.82) is 0 Å². The fraction of sp³-hybridized carbons (Fsp3) is 0.429. The number of para-hydroxylation sites is 1. The van der Waals surface area contributed by atoms with E-state index in [1.54, 1.807) is 7.11 Å². The third kappa shape index (κ3) is 3.02. The minimum absolute atomic E-state index is 0.704. The van der Waals surface area contributed by atoms with Gasteiger partial charge in [-0.1, -0.05) is 12.1 Å². The molecular weight excluding hydrogens is 324 g/mol. The van der Waals surface area contributed by atoms with E-state index in [2.05, 4.69) is 45.5 Å². The number of piperidine rings is 1. The standard InChI is InChI=1S/C21H26N4O/c1-15-14-23-20-17(5-4-6-18(20)26-3)21(15)25-10-7-16(8-11-25)13-19-22-9-12-24(19)2/h4-6,9,12,14,16H,7-8,10-11,13H2,1-3H3. The Kier molecular flexibility index (Phi) is 4.53. The Balaban J connectivity index is 1.56. The number of hydrogen-bond donors (Lipinski definition) is 0. The first-order chi connectivity index (χ1) is 12.7. The van der Waals surface area contributed by atoms with Crippen molar-refractivity contribution in [3.8, 4) is 5.75 Å². The van der Waals surface area contributed by atoms with Crippen molar-refractivity contribution in [1.82, 2.24) is 14.5 Å². The second-order valence-electron chi connectivity index (χ2n) is 7.24. The highest BCUT2D eigenvalue weighted by Gasteiger charge is 2.23. The molecule has 0 amide bonds. The lowest BCUT2D eigenvalue weighted by atomic mass is 9.92. The van der Waals surface area contributed by atoms with Crippen LogP contribution in [0.5, 0.6) is 5.75 Å². The van der Waals surface area contributed by atoms with Crippen LogP contribution in [0.4, 0.5) is 5.69 Å². The molecule has 136 valence electrons. The number of hydrogen-bond acceptors (Lipinski definition) is 4. The van der Waals surface area contributed by atoms with Crippen molar-refractivity contribution in [2.24, 2.45) is 13.0 Å². The summed E-state index contributed by atoms with van der Waals surface area (Å²) < 4.78 is 7.64. The highest BCUT2D eigenvalue weighted by atomic mass is 16.5. The van der Waals surface area contributed by atoms with Crippen molar-refractivity contribution in [2.45, 2.75) is 26.2 Å². The summed E-state index contributed by atoms with van der Waals surface area (Å²) in [7, 11) is 3.79. The minimum Gasteiger partial charge on any atom is -0.494 e. The molecule has 3 aromatic rings. The zero-order valence-electron chi connectivity index (χ0n) is 15.8. The summed E-state index contributed by atoms with van der Waals surface area (Å²) in [6.45, 7) is 4.31. The van der Waals surface area contributed by atoms with Gasteiger partial charge in [0.05, 0.1) is 12.8 Å². The number of anilines is 1. The van der Waals surface area contributed by atoms with Crippen molar-refractivity contribution in [3.05, 3.63) is 48.2 Å². The zero-order valence-corrected chi connectivity index (χ0v) is 15.8. The largest absolute Gasteiger partial charge is 0.494 e. The number of rotatable bonds is 4. The van der Waals surface area contributed by atoms with Crippen LogP contribution in [0, 0.1) is 12.8 Å². The van der Waals surface area contributed by atoms with E-state index in [9.17, 15) is 0 Å². The van der Waals surface area contributed by atoms with Gasteiger partial charge in [-0.25, -0.2) is 4.98 Å². The van der Waals surface area contributed by atoms with Gasteiger partial charge in [-0.2, -0.15) is 0 Å². The van der Waals surface area contributed by atoms with E-state index in [1.165, 1.54) is 35.3 Å². The van der Waals surface area contributed by atoms with E-state index in [1.807, 2.05) is 24.7 Å². The quantitative estimate of drug-likeness (QED) is 0.719. The van der Waals surface area contributed by atoms with Gasteiger partial charge in [-0.3, -0.25) is 4.98 Å². The Morgan fingerprint density at radius 1 is 1.19 bits per heavy atom. The highest BCUT2D eigenvalue weighted by molar-refractivity contribution is 5.96. The van der Waals surface area contributed by atoms with E-state index in [0.717, 1.165) is 30.8 Å². The lowest BCUT2D eigenvalue weighted by Crippen LogP contribution is -2.35. The molecule has 0 radical (unpaired) electrons. The molecule has 1 fully saturated rings. The topological polar surface area (TPSA) is 43.2 Å². The predicted molar refractivity (Wildman–Crippen MR) is 105 cm³/mol. The van der Waals surface area contributed by atoms with E-state index in [-0.39, 0.29) is 0 Å². The Labute approximate surface area is 154 Å². The van der Waals surface area contributed by atoms with E-state index >= 15 is 0 Å². The maximum atomic E-state index is 5.51. The fourth-order valence-corrected chi connectivity index (χ4v) is 4.08. The van der Waals surface area contributed by atoms with Crippen LogP contribution in [0.3, 0.4) is 0 Å². The fourth-order valence-electron chi connectivity index (χ4n) is 4.08.